The monoisotopic (exact) mass is 385 g/mol. The number of hydrogen-bond donors (Lipinski definition) is 2. The zero-order valence-electron chi connectivity index (χ0n) is 13.9. The molecule has 2 heterocycles. The van der Waals surface area contributed by atoms with Gasteiger partial charge in [0.2, 0.25) is 11.1 Å². The number of nitrogens with zero attached hydrogens (tertiary/aromatic N) is 3. The molecule has 6 nitrogen and oxygen atoms in total. The zero-order chi connectivity index (χ0) is 18.1. The second kappa shape index (κ2) is 7.01. The van der Waals surface area contributed by atoms with Gasteiger partial charge < -0.3 is 10.7 Å². The molecular formula is C18H16ClN5OS. The number of para-hydroxylation sites is 1. The Morgan fingerprint density at radius 3 is 2.62 bits per heavy atom. The van der Waals surface area contributed by atoms with Gasteiger partial charge in [0, 0.05) is 10.7 Å². The fourth-order valence-electron chi connectivity index (χ4n) is 2.82. The molecule has 0 radical (unpaired) electrons. The number of hydrogen-bond acceptors (Lipinski definition) is 5. The zero-order valence-corrected chi connectivity index (χ0v) is 15.5. The highest BCUT2D eigenvalue weighted by atomic mass is 35.5. The van der Waals surface area contributed by atoms with E-state index in [1.165, 1.54) is 11.8 Å². The van der Waals surface area contributed by atoms with Gasteiger partial charge >= 0.3 is 0 Å². The maximum atomic E-state index is 13.0. The summed E-state index contributed by atoms with van der Waals surface area (Å²) in [6, 6.07) is 16.7. The van der Waals surface area contributed by atoms with E-state index in [0.717, 1.165) is 17.1 Å². The van der Waals surface area contributed by atoms with Crippen molar-refractivity contribution < 1.29 is 4.79 Å². The number of aromatic nitrogens is 3. The van der Waals surface area contributed by atoms with Crippen LogP contribution in [0.4, 0.5) is 5.69 Å². The minimum atomic E-state index is -0.410. The third kappa shape index (κ3) is 3.27. The molecule has 132 valence electrons. The molecule has 0 saturated carbocycles. The summed E-state index contributed by atoms with van der Waals surface area (Å²) < 4.78 is 1.82. The standard InChI is InChI=1S/C18H16ClN5OS/c1-11-21-22-18-24(11)23-15(12-7-9-13(19)10-8-12)16(26-18)17(25)20-14-5-3-2-4-6-14/h2-10,15-16,23H,1H3,(H,20,25)/t15-,16+/m0/s1. The SMILES string of the molecule is Cc1nnc2n1N[C@@H](c1ccc(Cl)cc1)[C@H](C(=O)Nc1ccccc1)S2. The molecule has 1 aliphatic rings. The van der Waals surface area contributed by atoms with Crippen LogP contribution in [0.15, 0.2) is 59.8 Å². The summed E-state index contributed by atoms with van der Waals surface area (Å²) in [6.07, 6.45) is 0. The minimum Gasteiger partial charge on any atom is -0.325 e. The second-order valence-electron chi connectivity index (χ2n) is 5.92. The van der Waals surface area contributed by atoms with Crippen LogP contribution in [-0.4, -0.2) is 26.0 Å². The fraction of sp³-hybridized carbons (Fsp3) is 0.167. The number of benzene rings is 2. The number of carbonyl (C=O) groups excluding carboxylic acids is 1. The third-order valence-electron chi connectivity index (χ3n) is 4.13. The van der Waals surface area contributed by atoms with Gasteiger partial charge in [-0.15, -0.1) is 10.2 Å². The number of halogens is 1. The quantitative estimate of drug-likeness (QED) is 0.720. The number of nitrogens with one attached hydrogen (secondary N) is 2. The molecule has 4 rings (SSSR count). The van der Waals surface area contributed by atoms with Crippen molar-refractivity contribution in [3.63, 3.8) is 0 Å². The second-order valence-corrected chi connectivity index (χ2v) is 7.46. The topological polar surface area (TPSA) is 71.8 Å². The Hall–Kier alpha value is -2.51. The number of aryl methyl sites for hydroxylation is 1. The maximum Gasteiger partial charge on any atom is 0.240 e. The van der Waals surface area contributed by atoms with Crippen LogP contribution in [0, 0.1) is 6.92 Å². The van der Waals surface area contributed by atoms with E-state index in [1.54, 1.807) is 0 Å². The molecule has 1 aliphatic heterocycles. The lowest BCUT2D eigenvalue weighted by atomic mass is 10.0. The molecule has 1 amide bonds. The van der Waals surface area contributed by atoms with Crippen LogP contribution < -0.4 is 10.7 Å². The van der Waals surface area contributed by atoms with Gasteiger partial charge in [-0.05, 0) is 36.8 Å². The van der Waals surface area contributed by atoms with E-state index in [2.05, 4.69) is 20.9 Å². The average Bonchev–Trinajstić information content (AvgIpc) is 3.02. The number of thioether (sulfide) groups is 1. The van der Waals surface area contributed by atoms with Crippen LogP contribution in [0.25, 0.3) is 0 Å². The largest absolute Gasteiger partial charge is 0.325 e. The molecular weight excluding hydrogens is 370 g/mol. The van der Waals surface area contributed by atoms with Crippen LogP contribution in [0.1, 0.15) is 17.4 Å². The predicted molar refractivity (Wildman–Crippen MR) is 103 cm³/mol. The van der Waals surface area contributed by atoms with Crippen molar-refractivity contribution >= 4 is 35.0 Å². The van der Waals surface area contributed by atoms with E-state index in [-0.39, 0.29) is 11.9 Å². The summed E-state index contributed by atoms with van der Waals surface area (Å²) in [4.78, 5) is 13.0. The van der Waals surface area contributed by atoms with Crippen LogP contribution in [-0.2, 0) is 4.79 Å². The lowest BCUT2D eigenvalue weighted by Crippen LogP contribution is -2.41. The first kappa shape index (κ1) is 16.9. The molecule has 2 N–H and O–H groups in total. The Balaban J connectivity index is 1.67. The summed E-state index contributed by atoms with van der Waals surface area (Å²) >= 11 is 7.41. The maximum absolute atomic E-state index is 13.0. The molecule has 0 spiro atoms. The van der Waals surface area contributed by atoms with Gasteiger partial charge in [0.15, 0.2) is 0 Å². The van der Waals surface area contributed by atoms with Gasteiger partial charge in [0.1, 0.15) is 11.1 Å². The van der Waals surface area contributed by atoms with E-state index >= 15 is 0 Å². The summed E-state index contributed by atoms with van der Waals surface area (Å²) in [7, 11) is 0. The van der Waals surface area contributed by atoms with Crippen molar-refractivity contribution in [3.8, 4) is 0 Å². The molecule has 0 aliphatic carbocycles. The van der Waals surface area contributed by atoms with Gasteiger partial charge in [0.25, 0.3) is 0 Å². The molecule has 0 fully saturated rings. The molecule has 1 aromatic heterocycles. The molecule has 2 atom stereocenters. The third-order valence-corrected chi connectivity index (χ3v) is 5.59. The lowest BCUT2D eigenvalue weighted by Gasteiger charge is -2.32. The van der Waals surface area contributed by atoms with E-state index in [1.807, 2.05) is 66.2 Å². The molecule has 8 heteroatoms. The van der Waals surface area contributed by atoms with Gasteiger partial charge in [-0.1, -0.05) is 53.7 Å². The summed E-state index contributed by atoms with van der Waals surface area (Å²) in [5, 5.41) is 12.1. The minimum absolute atomic E-state index is 0.0967. The number of anilines is 1. The highest BCUT2D eigenvalue weighted by Gasteiger charge is 2.37. The van der Waals surface area contributed by atoms with E-state index in [0.29, 0.717) is 10.2 Å². The fourth-order valence-corrected chi connectivity index (χ4v) is 4.07. The lowest BCUT2D eigenvalue weighted by molar-refractivity contribution is -0.116. The molecule has 26 heavy (non-hydrogen) atoms. The van der Waals surface area contributed by atoms with Gasteiger partial charge in [0.05, 0.1) is 6.04 Å². The number of carbonyl (C=O) groups is 1. The van der Waals surface area contributed by atoms with Crippen molar-refractivity contribution in [2.45, 2.75) is 23.4 Å². The van der Waals surface area contributed by atoms with Crippen LogP contribution in [0.3, 0.4) is 0 Å². The average molecular weight is 386 g/mol. The van der Waals surface area contributed by atoms with Gasteiger partial charge in [-0.3, -0.25) is 4.79 Å². The molecule has 0 saturated heterocycles. The summed E-state index contributed by atoms with van der Waals surface area (Å²) in [5.41, 5.74) is 5.09. The Bertz CT molecular complexity index is 929. The van der Waals surface area contributed by atoms with Crippen molar-refractivity contribution in [2.24, 2.45) is 0 Å². The highest BCUT2D eigenvalue weighted by Crippen LogP contribution is 2.37. The number of fused-ring (bicyclic) bond motifs is 1. The smallest absolute Gasteiger partial charge is 0.240 e. The number of rotatable bonds is 3. The normalized spacial score (nSPS) is 18.7. The van der Waals surface area contributed by atoms with Crippen LogP contribution >= 0.6 is 23.4 Å². The Morgan fingerprint density at radius 1 is 1.15 bits per heavy atom. The van der Waals surface area contributed by atoms with Crippen molar-refractivity contribution in [2.75, 3.05) is 10.7 Å². The summed E-state index contributed by atoms with van der Waals surface area (Å²) in [5.74, 6) is 0.647. The van der Waals surface area contributed by atoms with Gasteiger partial charge in [-0.2, -0.15) is 0 Å². The van der Waals surface area contributed by atoms with E-state index in [9.17, 15) is 4.79 Å². The Labute approximate surface area is 159 Å². The first-order valence-corrected chi connectivity index (χ1v) is 9.34. The Kier molecular flexibility index (Phi) is 4.57. The van der Waals surface area contributed by atoms with Gasteiger partial charge in [-0.25, -0.2) is 4.68 Å². The molecule has 2 aromatic carbocycles. The van der Waals surface area contributed by atoms with Crippen LogP contribution in [0.5, 0.6) is 0 Å². The van der Waals surface area contributed by atoms with E-state index in [4.69, 9.17) is 11.6 Å². The van der Waals surface area contributed by atoms with E-state index < -0.39 is 5.25 Å². The van der Waals surface area contributed by atoms with Crippen molar-refractivity contribution in [3.05, 3.63) is 71.0 Å². The molecule has 3 aromatic rings. The molecule has 0 unspecified atom stereocenters. The Morgan fingerprint density at radius 2 is 1.88 bits per heavy atom. The van der Waals surface area contributed by atoms with Crippen molar-refractivity contribution in [1.29, 1.82) is 0 Å². The summed E-state index contributed by atoms with van der Waals surface area (Å²) in [6.45, 7) is 1.87. The first-order chi connectivity index (χ1) is 12.6. The number of amides is 1. The first-order valence-electron chi connectivity index (χ1n) is 8.08. The highest BCUT2D eigenvalue weighted by molar-refractivity contribution is 8.00. The molecule has 0 bridgehead atoms. The predicted octanol–water partition coefficient (Wildman–Crippen LogP) is 3.64. The van der Waals surface area contributed by atoms with Crippen LogP contribution in [0.2, 0.25) is 5.02 Å². The van der Waals surface area contributed by atoms with Crippen molar-refractivity contribution in [1.82, 2.24) is 14.9 Å².